The quantitative estimate of drug-likeness (QED) is 0.0926. The second-order valence-electron chi connectivity index (χ2n) is 19.9. The molecular formula is C48H64N10O6S. The number of aliphatic hydroxyl groups excluding tert-OH is 1. The lowest BCUT2D eigenvalue weighted by Crippen LogP contribution is -2.59. The molecule has 2 aliphatic carbocycles. The minimum absolute atomic E-state index is 0.125. The van der Waals surface area contributed by atoms with Crippen molar-refractivity contribution < 1.29 is 24.3 Å². The first-order valence-electron chi connectivity index (χ1n) is 22.8. The van der Waals surface area contributed by atoms with E-state index >= 15 is 0 Å². The number of hydrogen-bond acceptors (Lipinski definition) is 12. The molecule has 17 heteroatoms. The molecule has 0 bridgehead atoms. The maximum absolute atomic E-state index is 13.7. The summed E-state index contributed by atoms with van der Waals surface area (Å²) in [6.45, 7) is 14.3. The summed E-state index contributed by atoms with van der Waals surface area (Å²) < 4.78 is 1.56. The zero-order valence-corrected chi connectivity index (χ0v) is 39.5. The molecule has 2 spiro atoms. The van der Waals surface area contributed by atoms with E-state index in [1.165, 1.54) is 31.3 Å². The molecule has 0 unspecified atom stereocenters. The summed E-state index contributed by atoms with van der Waals surface area (Å²) in [5, 5.41) is 21.9. The van der Waals surface area contributed by atoms with E-state index < -0.39 is 28.6 Å². The van der Waals surface area contributed by atoms with Crippen LogP contribution in [0.4, 0.5) is 17.3 Å². The number of aliphatic hydroxyl groups is 1. The van der Waals surface area contributed by atoms with Crippen LogP contribution >= 0.6 is 11.3 Å². The smallest absolute Gasteiger partial charge is 0.276 e. The van der Waals surface area contributed by atoms with Crippen LogP contribution in [0.25, 0.3) is 10.4 Å². The Morgan fingerprint density at radius 2 is 1.69 bits per heavy atom. The van der Waals surface area contributed by atoms with Gasteiger partial charge in [-0.2, -0.15) is 0 Å². The van der Waals surface area contributed by atoms with Gasteiger partial charge in [0.15, 0.2) is 0 Å². The number of carbonyl (C=O) groups excluding carboxylic acids is 4. The van der Waals surface area contributed by atoms with E-state index in [0.717, 1.165) is 66.6 Å². The highest BCUT2D eigenvalue weighted by molar-refractivity contribution is 7.13. The predicted octanol–water partition coefficient (Wildman–Crippen LogP) is 6.29. The highest BCUT2D eigenvalue weighted by atomic mass is 32.1. The molecule has 348 valence electrons. The summed E-state index contributed by atoms with van der Waals surface area (Å²) in [5.41, 5.74) is 9.89. The number of anilines is 3. The number of nitrogens with one attached hydrogen (secondary N) is 4. The number of benzene rings is 1. The van der Waals surface area contributed by atoms with Gasteiger partial charge in [-0.3, -0.25) is 28.5 Å². The summed E-state index contributed by atoms with van der Waals surface area (Å²) in [5.74, 6) is -0.114. The van der Waals surface area contributed by atoms with Gasteiger partial charge < -0.3 is 37.0 Å². The highest BCUT2D eigenvalue weighted by Crippen LogP contribution is 2.59. The van der Waals surface area contributed by atoms with Gasteiger partial charge in [0.25, 0.3) is 11.5 Å². The number of fused-ring (bicyclic) bond motifs is 2. The number of likely N-dealkylation sites (tertiary alicyclic amines) is 1. The van der Waals surface area contributed by atoms with E-state index in [0.29, 0.717) is 36.3 Å². The van der Waals surface area contributed by atoms with E-state index in [9.17, 15) is 29.1 Å². The van der Waals surface area contributed by atoms with Crippen LogP contribution in [0.15, 0.2) is 53.0 Å². The molecule has 3 fully saturated rings. The number of aromatic nitrogens is 4. The third-order valence-electron chi connectivity index (χ3n) is 13.6. The largest absolute Gasteiger partial charge is 0.392 e. The van der Waals surface area contributed by atoms with Gasteiger partial charge in [-0.15, -0.1) is 11.3 Å². The van der Waals surface area contributed by atoms with Crippen molar-refractivity contribution in [2.24, 2.45) is 16.2 Å². The molecular weight excluding hydrogens is 845 g/mol. The first-order chi connectivity index (χ1) is 30.8. The lowest BCUT2D eigenvalue weighted by atomic mass is 9.79. The van der Waals surface area contributed by atoms with Crippen LogP contribution in [0.3, 0.4) is 0 Å². The summed E-state index contributed by atoms with van der Waals surface area (Å²) in [4.78, 5) is 81.1. The Labute approximate surface area is 384 Å². The molecule has 4 aliphatic rings. The molecule has 8 rings (SSSR count). The topological polar surface area (TPSA) is 227 Å². The lowest BCUT2D eigenvalue weighted by Gasteiger charge is -2.39. The molecule has 1 saturated heterocycles. The molecule has 65 heavy (non-hydrogen) atoms. The second kappa shape index (κ2) is 18.7. The Morgan fingerprint density at radius 1 is 1.00 bits per heavy atom. The average Bonchev–Trinajstić information content (AvgIpc) is 3.53. The lowest BCUT2D eigenvalue weighted by molar-refractivity contribution is -0.145. The van der Waals surface area contributed by atoms with Crippen LogP contribution in [-0.4, -0.2) is 71.8 Å². The molecule has 7 N–H and O–H groups in total. The van der Waals surface area contributed by atoms with Crippen molar-refractivity contribution in [1.29, 1.82) is 0 Å². The van der Waals surface area contributed by atoms with Crippen molar-refractivity contribution in [3.05, 3.63) is 81.1 Å². The van der Waals surface area contributed by atoms with Gasteiger partial charge >= 0.3 is 0 Å². The number of nitrogens with two attached hydrogens (primary N) is 1. The summed E-state index contributed by atoms with van der Waals surface area (Å²) in [6, 6.07) is 9.91. The molecule has 4 amide bonds. The highest BCUT2D eigenvalue weighted by Gasteiger charge is 2.54. The maximum Gasteiger partial charge on any atom is 0.276 e. The minimum atomic E-state index is -0.719. The van der Waals surface area contributed by atoms with E-state index in [-0.39, 0.29) is 53.0 Å². The summed E-state index contributed by atoms with van der Waals surface area (Å²) in [7, 11) is 0. The molecule has 2 saturated carbocycles. The van der Waals surface area contributed by atoms with E-state index in [4.69, 9.17) is 5.73 Å². The van der Waals surface area contributed by atoms with Gasteiger partial charge in [0.1, 0.15) is 47.1 Å². The first kappa shape index (κ1) is 47.3. The molecule has 2 atom stereocenters. The fourth-order valence-corrected chi connectivity index (χ4v) is 10.3. The Morgan fingerprint density at radius 3 is 2.29 bits per heavy atom. The van der Waals surface area contributed by atoms with Crippen molar-refractivity contribution in [3.63, 3.8) is 0 Å². The third-order valence-corrected chi connectivity index (χ3v) is 14.6. The van der Waals surface area contributed by atoms with E-state index in [1.807, 2.05) is 78.2 Å². The molecule has 2 aliphatic heterocycles. The Hall–Kier alpha value is -5.68. The zero-order valence-electron chi connectivity index (χ0n) is 38.7. The van der Waals surface area contributed by atoms with Gasteiger partial charge in [-0.25, -0.2) is 15.0 Å². The normalized spacial score (nSPS) is 18.6. The van der Waals surface area contributed by atoms with Gasteiger partial charge in [0, 0.05) is 30.1 Å². The van der Waals surface area contributed by atoms with Crippen LogP contribution in [0, 0.1) is 23.2 Å². The van der Waals surface area contributed by atoms with E-state index in [1.54, 1.807) is 20.8 Å². The predicted molar refractivity (Wildman–Crippen MR) is 251 cm³/mol. The minimum Gasteiger partial charge on any atom is -0.392 e. The summed E-state index contributed by atoms with van der Waals surface area (Å²) >= 11 is 1.61. The fourth-order valence-electron chi connectivity index (χ4n) is 9.50. The molecule has 1 aromatic carbocycles. The standard InChI is InChI=1S/C29H42N4O3S.C19H22N6O3/c1-8-15-29(6,7)27(36)32-24(28(3,4)5)26(35)33-16-9-10-22(33)25(34)30-17-20-11-13-21(14-12-20)23-19(2)31-18-37-23;20-13-8-14(22-10-21-13)23-12-7-11(9-26)15-16(27)24-19(25(15)17(12)28)5-3-18(1-2-18)4-6-19/h11-14,18,22,24H,8-10,15-17H2,1-7H3,(H,30,34)(H,32,36);7-8,10,26H,1-6,9H2,(H,24,27)(H3,20,21,22,23)/t22-,24+;/m0./s1. The third kappa shape index (κ3) is 10.1. The number of rotatable bonds is 12. The zero-order chi connectivity index (χ0) is 46.9. The number of hydrogen-bond donors (Lipinski definition) is 6. The monoisotopic (exact) mass is 908 g/mol. The van der Waals surface area contributed by atoms with Crippen molar-refractivity contribution in [2.75, 3.05) is 17.6 Å². The van der Waals surface area contributed by atoms with Gasteiger partial charge in [-0.1, -0.05) is 72.2 Å². The SMILES string of the molecule is CCCC(C)(C)C(=O)N[C@H](C(=O)N1CCC[C@H]1C(=O)NCc1ccc(-c2scnc2C)cc1)C(C)(C)C.Nc1cc(Nc2cc(CO)c3n(c2=O)C2(CCC4(CC4)CC2)NC3=O)ncn1. The molecule has 4 aromatic rings. The van der Waals surface area contributed by atoms with E-state index in [2.05, 4.69) is 36.2 Å². The van der Waals surface area contributed by atoms with Crippen LogP contribution in [-0.2, 0) is 33.2 Å². The summed E-state index contributed by atoms with van der Waals surface area (Å²) in [6.07, 6.45) is 10.2. The van der Waals surface area contributed by atoms with Crippen molar-refractivity contribution in [3.8, 4) is 10.4 Å². The van der Waals surface area contributed by atoms with Gasteiger partial charge in [0.05, 0.1) is 22.7 Å². The molecule has 16 nitrogen and oxygen atoms in total. The van der Waals surface area contributed by atoms with Crippen LogP contribution in [0.1, 0.15) is 133 Å². The Kier molecular flexibility index (Phi) is 13.6. The van der Waals surface area contributed by atoms with Crippen LogP contribution in [0.2, 0.25) is 0 Å². The molecule has 0 radical (unpaired) electrons. The Bertz CT molecular complexity index is 2480. The molecule has 3 aromatic heterocycles. The van der Waals surface area contributed by atoms with Gasteiger partial charge in [-0.05, 0) is 92.7 Å². The molecule has 5 heterocycles. The number of amides is 4. The van der Waals surface area contributed by atoms with Crippen LogP contribution < -0.4 is 32.6 Å². The number of carbonyl (C=O) groups is 4. The van der Waals surface area contributed by atoms with Crippen molar-refractivity contribution in [2.45, 2.75) is 144 Å². The number of aryl methyl sites for hydroxylation is 1. The average molecular weight is 909 g/mol. The fraction of sp³-hybridized carbons (Fsp3) is 0.542. The number of nitrogen functional groups attached to an aromatic ring is 1. The second-order valence-corrected chi connectivity index (χ2v) is 20.8. The van der Waals surface area contributed by atoms with Crippen molar-refractivity contribution >= 4 is 52.3 Å². The number of pyridine rings is 1. The Balaban J connectivity index is 0.000000200. The first-order valence-corrected chi connectivity index (χ1v) is 23.6. The number of thiazole rings is 1. The van der Waals surface area contributed by atoms with Crippen LogP contribution in [0.5, 0.6) is 0 Å². The van der Waals surface area contributed by atoms with Crippen molar-refractivity contribution in [1.82, 2.24) is 40.4 Å². The van der Waals surface area contributed by atoms with Gasteiger partial charge in [0.2, 0.25) is 17.7 Å². The maximum atomic E-state index is 13.7. The number of nitrogens with zero attached hydrogens (tertiary/aromatic N) is 5.